The summed E-state index contributed by atoms with van der Waals surface area (Å²) >= 11 is 0. The van der Waals surface area contributed by atoms with Gasteiger partial charge in [-0.25, -0.2) is 14.6 Å². The van der Waals surface area contributed by atoms with Crippen LogP contribution < -0.4 is 10.1 Å². The van der Waals surface area contributed by atoms with Gasteiger partial charge in [-0.15, -0.1) is 0 Å². The quantitative estimate of drug-likeness (QED) is 0.367. The minimum atomic E-state index is -0.156. The Morgan fingerprint density at radius 1 is 1.00 bits per heavy atom. The topological polar surface area (TPSA) is 99.8 Å². The predicted molar refractivity (Wildman–Crippen MR) is 138 cm³/mol. The Balaban J connectivity index is 1.45. The molecule has 3 aromatic heterocycles. The molecule has 36 heavy (non-hydrogen) atoms. The molecule has 0 unspecified atom stereocenters. The summed E-state index contributed by atoms with van der Waals surface area (Å²) in [6, 6.07) is 15.5. The van der Waals surface area contributed by atoms with Crippen LogP contribution in [0.15, 0.2) is 61.1 Å². The van der Waals surface area contributed by atoms with E-state index in [2.05, 4.69) is 38.5 Å². The monoisotopic (exact) mass is 481 g/mol. The molecule has 0 saturated heterocycles. The summed E-state index contributed by atoms with van der Waals surface area (Å²) in [4.78, 5) is 21.8. The highest BCUT2D eigenvalue weighted by atomic mass is 16.5. The lowest BCUT2D eigenvalue weighted by atomic mass is 10.1. The first-order chi connectivity index (χ1) is 17.4. The van der Waals surface area contributed by atoms with E-state index in [1.807, 2.05) is 63.2 Å². The zero-order valence-corrected chi connectivity index (χ0v) is 20.7. The van der Waals surface area contributed by atoms with Crippen molar-refractivity contribution in [2.75, 3.05) is 11.9 Å². The number of benzene rings is 2. The highest BCUT2D eigenvalue weighted by molar-refractivity contribution is 5.92. The molecule has 0 aliphatic heterocycles. The Bertz CT molecular complexity index is 1550. The van der Waals surface area contributed by atoms with E-state index < -0.39 is 0 Å². The highest BCUT2D eigenvalue weighted by Crippen LogP contribution is 2.25. The van der Waals surface area contributed by atoms with Gasteiger partial charge in [0.05, 0.1) is 36.0 Å². The van der Waals surface area contributed by atoms with Crippen molar-refractivity contribution in [2.45, 2.75) is 34.1 Å². The number of ether oxygens (including phenoxy) is 1. The van der Waals surface area contributed by atoms with Gasteiger partial charge in [0.2, 0.25) is 5.91 Å². The lowest BCUT2D eigenvalue weighted by molar-refractivity contribution is -0.115. The highest BCUT2D eigenvalue weighted by Gasteiger charge is 2.18. The predicted octanol–water partition coefficient (Wildman–Crippen LogP) is 4.51. The average molecular weight is 482 g/mol. The smallest absolute Gasteiger partial charge is 0.229 e. The number of nitrogens with zero attached hydrogens (tertiary/aromatic N) is 6. The van der Waals surface area contributed by atoms with Crippen LogP contribution in [0.5, 0.6) is 5.75 Å². The third-order valence-electron chi connectivity index (χ3n) is 5.82. The second kappa shape index (κ2) is 9.61. The molecule has 0 fully saturated rings. The second-order valence-corrected chi connectivity index (χ2v) is 8.67. The Hall–Kier alpha value is -4.53. The van der Waals surface area contributed by atoms with E-state index in [-0.39, 0.29) is 12.3 Å². The summed E-state index contributed by atoms with van der Waals surface area (Å²) in [5.74, 6) is 1.70. The first kappa shape index (κ1) is 23.2. The van der Waals surface area contributed by atoms with Crippen molar-refractivity contribution in [1.82, 2.24) is 29.5 Å². The van der Waals surface area contributed by atoms with Crippen LogP contribution in [-0.2, 0) is 11.2 Å². The van der Waals surface area contributed by atoms with Gasteiger partial charge in [-0.05, 0) is 57.0 Å². The number of aryl methyl sites for hydroxylation is 3. The number of hydrogen-bond donors (Lipinski definition) is 1. The lowest BCUT2D eigenvalue weighted by Gasteiger charge is -2.10. The van der Waals surface area contributed by atoms with Crippen LogP contribution in [0.1, 0.15) is 29.3 Å². The number of anilines is 1. The molecule has 0 bridgehead atoms. The first-order valence-electron chi connectivity index (χ1n) is 11.8. The van der Waals surface area contributed by atoms with Crippen LogP contribution in [0.25, 0.3) is 22.5 Å². The maximum atomic E-state index is 12.9. The van der Waals surface area contributed by atoms with E-state index in [1.54, 1.807) is 15.6 Å². The van der Waals surface area contributed by atoms with E-state index in [0.717, 1.165) is 33.6 Å². The first-order valence-corrected chi connectivity index (χ1v) is 11.8. The molecule has 5 aromatic rings. The zero-order chi connectivity index (χ0) is 25.2. The fourth-order valence-corrected chi connectivity index (χ4v) is 4.21. The Labute approximate surface area is 208 Å². The molecule has 0 saturated carbocycles. The number of nitrogens with one attached hydrogen (secondary N) is 1. The van der Waals surface area contributed by atoms with E-state index in [1.165, 1.54) is 11.9 Å². The van der Waals surface area contributed by atoms with Crippen LogP contribution in [0.3, 0.4) is 0 Å². The van der Waals surface area contributed by atoms with Gasteiger partial charge < -0.3 is 10.1 Å². The molecule has 0 aliphatic rings. The molecule has 5 rings (SSSR count). The summed E-state index contributed by atoms with van der Waals surface area (Å²) in [5, 5.41) is 12.9. The maximum absolute atomic E-state index is 12.9. The Kier molecular flexibility index (Phi) is 6.20. The van der Waals surface area contributed by atoms with Gasteiger partial charge in [-0.3, -0.25) is 4.79 Å². The number of carbonyl (C=O) groups is 1. The Morgan fingerprint density at radius 2 is 1.81 bits per heavy atom. The normalized spacial score (nSPS) is 11.1. The van der Waals surface area contributed by atoms with Crippen molar-refractivity contribution >= 4 is 22.8 Å². The molecule has 3 heterocycles. The van der Waals surface area contributed by atoms with Crippen LogP contribution >= 0.6 is 0 Å². The van der Waals surface area contributed by atoms with Crippen molar-refractivity contribution in [1.29, 1.82) is 0 Å². The van der Waals surface area contributed by atoms with Crippen molar-refractivity contribution in [3.05, 3.63) is 83.4 Å². The molecule has 9 nitrogen and oxygen atoms in total. The number of fused-ring (bicyclic) bond motifs is 1. The van der Waals surface area contributed by atoms with Gasteiger partial charge in [-0.1, -0.05) is 29.8 Å². The lowest BCUT2D eigenvalue weighted by Crippen LogP contribution is -2.17. The number of carbonyl (C=O) groups excluding carboxylic acids is 1. The van der Waals surface area contributed by atoms with Gasteiger partial charge in [-0.2, -0.15) is 14.9 Å². The number of hydrogen-bond acceptors (Lipinski definition) is 6. The average Bonchev–Trinajstić information content (AvgIpc) is 3.43. The molecule has 0 radical (unpaired) electrons. The molecule has 1 N–H and O–H groups in total. The zero-order valence-electron chi connectivity index (χ0n) is 20.7. The molecule has 1 amide bonds. The Morgan fingerprint density at radius 3 is 2.56 bits per heavy atom. The fraction of sp³-hybridized carbons (Fsp3) is 0.222. The largest absolute Gasteiger partial charge is 0.494 e. The summed E-state index contributed by atoms with van der Waals surface area (Å²) in [6.45, 7) is 8.52. The molecular weight excluding hydrogens is 454 g/mol. The minimum absolute atomic E-state index is 0.156. The molecule has 0 aliphatic carbocycles. The van der Waals surface area contributed by atoms with Crippen LogP contribution in [-0.4, -0.2) is 42.0 Å². The van der Waals surface area contributed by atoms with E-state index in [0.29, 0.717) is 23.9 Å². The van der Waals surface area contributed by atoms with Crippen molar-refractivity contribution < 1.29 is 9.53 Å². The standard InChI is InChI=1S/C27H27N7O2/c1-5-36-21-9-7-20(8-10-21)14-25(35)31-24-13-19(4)32-34(24)27-22-15-30-33(26(22)28-16-29-27)23-11-6-17(2)12-18(23)3/h6-13,15-16H,5,14H2,1-4H3,(H,31,35). The molecule has 182 valence electrons. The minimum Gasteiger partial charge on any atom is -0.494 e. The molecule has 0 atom stereocenters. The van der Waals surface area contributed by atoms with Crippen molar-refractivity contribution in [3.8, 4) is 17.3 Å². The van der Waals surface area contributed by atoms with Gasteiger partial charge in [0.1, 0.15) is 17.9 Å². The summed E-state index contributed by atoms with van der Waals surface area (Å²) in [5.41, 5.74) is 5.52. The molecule has 2 aromatic carbocycles. The summed E-state index contributed by atoms with van der Waals surface area (Å²) in [6.07, 6.45) is 3.44. The molecule has 9 heteroatoms. The third-order valence-corrected chi connectivity index (χ3v) is 5.82. The summed E-state index contributed by atoms with van der Waals surface area (Å²) < 4.78 is 8.90. The summed E-state index contributed by atoms with van der Waals surface area (Å²) in [7, 11) is 0. The second-order valence-electron chi connectivity index (χ2n) is 8.67. The van der Waals surface area contributed by atoms with Crippen LogP contribution in [0.2, 0.25) is 0 Å². The van der Waals surface area contributed by atoms with Gasteiger partial charge in [0.15, 0.2) is 11.5 Å². The molecule has 0 spiro atoms. The van der Waals surface area contributed by atoms with Crippen LogP contribution in [0.4, 0.5) is 5.82 Å². The number of aromatic nitrogens is 6. The maximum Gasteiger partial charge on any atom is 0.229 e. The van der Waals surface area contributed by atoms with E-state index >= 15 is 0 Å². The van der Waals surface area contributed by atoms with Crippen LogP contribution in [0, 0.1) is 20.8 Å². The van der Waals surface area contributed by atoms with E-state index in [9.17, 15) is 4.79 Å². The third kappa shape index (κ3) is 4.55. The SMILES string of the molecule is CCOc1ccc(CC(=O)Nc2cc(C)nn2-c2ncnc3c2cnn3-c2ccc(C)cc2C)cc1. The van der Waals surface area contributed by atoms with Gasteiger partial charge in [0, 0.05) is 6.07 Å². The molecular formula is C27H27N7O2. The van der Waals surface area contributed by atoms with Crippen molar-refractivity contribution in [2.24, 2.45) is 0 Å². The van der Waals surface area contributed by atoms with Gasteiger partial charge >= 0.3 is 0 Å². The van der Waals surface area contributed by atoms with E-state index in [4.69, 9.17) is 4.74 Å². The van der Waals surface area contributed by atoms with Crippen molar-refractivity contribution in [3.63, 3.8) is 0 Å². The fourth-order valence-electron chi connectivity index (χ4n) is 4.21. The number of rotatable bonds is 7. The number of amides is 1. The van der Waals surface area contributed by atoms with Gasteiger partial charge in [0.25, 0.3) is 0 Å².